The fraction of sp³-hybridized carbons (Fsp3) is 0.333. The summed E-state index contributed by atoms with van der Waals surface area (Å²) in [5, 5.41) is 9.19. The largest absolute Gasteiger partial charge is 0.486 e. The van der Waals surface area contributed by atoms with E-state index < -0.39 is 0 Å². The van der Waals surface area contributed by atoms with Crippen molar-refractivity contribution in [3.05, 3.63) is 41.8 Å². The van der Waals surface area contributed by atoms with E-state index >= 15 is 0 Å². The van der Waals surface area contributed by atoms with Crippen molar-refractivity contribution < 1.29 is 18.8 Å². The lowest BCUT2D eigenvalue weighted by atomic mass is 10.2. The van der Waals surface area contributed by atoms with Gasteiger partial charge in [0.05, 0.1) is 18.8 Å². The monoisotopic (exact) mass is 303 g/mol. The van der Waals surface area contributed by atoms with Crippen LogP contribution in [-0.2, 0) is 6.54 Å². The number of hydrogen-bond donors (Lipinski definition) is 2. The van der Waals surface area contributed by atoms with Gasteiger partial charge in [-0.3, -0.25) is 0 Å². The third-order valence-electron chi connectivity index (χ3n) is 3.16. The van der Waals surface area contributed by atoms with Crippen molar-refractivity contribution in [3.63, 3.8) is 0 Å². The minimum Gasteiger partial charge on any atom is -0.486 e. The average Bonchev–Trinajstić information content (AvgIpc) is 2.96. The number of amides is 2. The molecule has 1 aromatic carbocycles. The second kappa shape index (κ2) is 6.38. The van der Waals surface area contributed by atoms with Crippen LogP contribution in [-0.4, -0.2) is 30.4 Å². The molecule has 1 aliphatic heterocycles. The number of carbonyl (C=O) groups excluding carboxylic acids is 1. The molecule has 0 spiro atoms. The smallest absolute Gasteiger partial charge is 0.315 e. The van der Waals surface area contributed by atoms with E-state index in [4.69, 9.17) is 14.0 Å². The molecule has 22 heavy (non-hydrogen) atoms. The standard InChI is InChI=1S/C15H17N3O4/c1-10-6-11(22-18-10)7-16-15(19)17-8-12-9-20-13-4-2-3-5-14(13)21-12/h2-6,12H,7-9H2,1H3,(H2,16,17,19). The molecule has 2 heterocycles. The molecular weight excluding hydrogens is 286 g/mol. The zero-order chi connectivity index (χ0) is 15.4. The Labute approximate surface area is 127 Å². The van der Waals surface area contributed by atoms with Crippen molar-refractivity contribution >= 4 is 6.03 Å². The van der Waals surface area contributed by atoms with Gasteiger partial charge in [0, 0.05) is 6.07 Å². The summed E-state index contributed by atoms with van der Waals surface area (Å²) in [5.41, 5.74) is 0.781. The Bertz CT molecular complexity index is 656. The Balaban J connectivity index is 1.42. The fourth-order valence-corrected chi connectivity index (χ4v) is 2.10. The molecule has 0 saturated heterocycles. The van der Waals surface area contributed by atoms with Crippen LogP contribution in [0.1, 0.15) is 11.5 Å². The summed E-state index contributed by atoms with van der Waals surface area (Å²) in [6, 6.07) is 8.94. The third-order valence-corrected chi connectivity index (χ3v) is 3.16. The molecule has 2 aromatic rings. The van der Waals surface area contributed by atoms with Gasteiger partial charge in [0.15, 0.2) is 23.4 Å². The summed E-state index contributed by atoms with van der Waals surface area (Å²) in [4.78, 5) is 11.7. The van der Waals surface area contributed by atoms with Crippen molar-refractivity contribution in [2.45, 2.75) is 19.6 Å². The Morgan fingerprint density at radius 3 is 2.91 bits per heavy atom. The van der Waals surface area contributed by atoms with Crippen molar-refractivity contribution in [1.82, 2.24) is 15.8 Å². The lowest BCUT2D eigenvalue weighted by Crippen LogP contribution is -2.44. The molecule has 1 atom stereocenters. The van der Waals surface area contributed by atoms with Crippen LogP contribution in [0.25, 0.3) is 0 Å². The second-order valence-electron chi connectivity index (χ2n) is 5.00. The Hall–Kier alpha value is -2.70. The highest BCUT2D eigenvalue weighted by Crippen LogP contribution is 2.30. The normalized spacial score (nSPS) is 16.1. The van der Waals surface area contributed by atoms with Gasteiger partial charge in [0.2, 0.25) is 0 Å². The third kappa shape index (κ3) is 3.49. The van der Waals surface area contributed by atoms with Crippen LogP contribution in [0, 0.1) is 6.92 Å². The van der Waals surface area contributed by atoms with Gasteiger partial charge < -0.3 is 24.6 Å². The minimum absolute atomic E-state index is 0.215. The van der Waals surface area contributed by atoms with E-state index in [0.29, 0.717) is 24.7 Å². The highest BCUT2D eigenvalue weighted by atomic mass is 16.6. The first-order valence-corrected chi connectivity index (χ1v) is 7.03. The number of nitrogens with zero attached hydrogens (tertiary/aromatic N) is 1. The van der Waals surface area contributed by atoms with Crippen LogP contribution in [0.2, 0.25) is 0 Å². The SMILES string of the molecule is Cc1cc(CNC(=O)NCC2COc3ccccc3O2)on1. The van der Waals surface area contributed by atoms with Crippen molar-refractivity contribution in [2.75, 3.05) is 13.2 Å². The molecule has 0 saturated carbocycles. The summed E-state index contributed by atoms with van der Waals surface area (Å²) < 4.78 is 16.3. The highest BCUT2D eigenvalue weighted by Gasteiger charge is 2.20. The maximum atomic E-state index is 11.7. The van der Waals surface area contributed by atoms with E-state index in [1.165, 1.54) is 0 Å². The lowest BCUT2D eigenvalue weighted by Gasteiger charge is -2.26. The van der Waals surface area contributed by atoms with Crippen LogP contribution < -0.4 is 20.1 Å². The van der Waals surface area contributed by atoms with Gasteiger partial charge in [-0.25, -0.2) is 4.79 Å². The Kier molecular flexibility index (Phi) is 4.13. The lowest BCUT2D eigenvalue weighted by molar-refractivity contribution is 0.0918. The number of aromatic nitrogens is 1. The molecule has 3 rings (SSSR count). The number of carbonyl (C=O) groups is 1. The summed E-state index contributed by atoms with van der Waals surface area (Å²) in [5.74, 6) is 2.03. The number of aryl methyl sites for hydroxylation is 1. The fourth-order valence-electron chi connectivity index (χ4n) is 2.10. The topological polar surface area (TPSA) is 85.6 Å². The highest BCUT2D eigenvalue weighted by molar-refractivity contribution is 5.73. The van der Waals surface area contributed by atoms with Crippen LogP contribution >= 0.6 is 0 Å². The predicted octanol–water partition coefficient (Wildman–Crippen LogP) is 1.62. The number of hydrogen-bond acceptors (Lipinski definition) is 5. The Morgan fingerprint density at radius 1 is 1.32 bits per heavy atom. The molecule has 1 unspecified atom stereocenters. The molecule has 116 valence electrons. The van der Waals surface area contributed by atoms with Gasteiger partial charge in [0.1, 0.15) is 6.61 Å². The summed E-state index contributed by atoms with van der Waals surface area (Å²) >= 11 is 0. The van der Waals surface area contributed by atoms with Crippen LogP contribution in [0.3, 0.4) is 0 Å². The number of fused-ring (bicyclic) bond motifs is 1. The summed E-state index contributed by atoms with van der Waals surface area (Å²) in [6.07, 6.45) is -0.215. The van der Waals surface area contributed by atoms with E-state index in [2.05, 4.69) is 15.8 Å². The minimum atomic E-state index is -0.295. The zero-order valence-electron chi connectivity index (χ0n) is 12.2. The van der Waals surface area contributed by atoms with E-state index in [1.54, 1.807) is 6.07 Å². The number of para-hydroxylation sites is 2. The maximum Gasteiger partial charge on any atom is 0.315 e. The Morgan fingerprint density at radius 2 is 2.14 bits per heavy atom. The van der Waals surface area contributed by atoms with Crippen molar-refractivity contribution in [3.8, 4) is 11.5 Å². The molecule has 1 aromatic heterocycles. The first-order chi connectivity index (χ1) is 10.7. The van der Waals surface area contributed by atoms with Crippen LogP contribution in [0.5, 0.6) is 11.5 Å². The molecule has 0 radical (unpaired) electrons. The van der Waals surface area contributed by atoms with E-state index in [-0.39, 0.29) is 18.7 Å². The van der Waals surface area contributed by atoms with Gasteiger partial charge >= 0.3 is 6.03 Å². The molecule has 0 fully saturated rings. The average molecular weight is 303 g/mol. The van der Waals surface area contributed by atoms with E-state index in [1.807, 2.05) is 31.2 Å². The molecule has 7 nitrogen and oxygen atoms in total. The van der Waals surface area contributed by atoms with E-state index in [0.717, 1.165) is 11.4 Å². The van der Waals surface area contributed by atoms with Gasteiger partial charge in [-0.2, -0.15) is 0 Å². The molecule has 0 bridgehead atoms. The molecule has 1 aliphatic rings. The summed E-state index contributed by atoms with van der Waals surface area (Å²) in [6.45, 7) is 2.87. The first-order valence-electron chi connectivity index (χ1n) is 7.03. The van der Waals surface area contributed by atoms with Gasteiger partial charge in [-0.15, -0.1) is 0 Å². The first kappa shape index (κ1) is 14.2. The predicted molar refractivity (Wildman–Crippen MR) is 77.8 cm³/mol. The summed E-state index contributed by atoms with van der Waals surface area (Å²) in [7, 11) is 0. The molecular formula is C15H17N3O4. The molecule has 7 heteroatoms. The molecule has 2 amide bonds. The quantitative estimate of drug-likeness (QED) is 0.896. The number of ether oxygens (including phenoxy) is 2. The maximum absolute atomic E-state index is 11.7. The van der Waals surface area contributed by atoms with Gasteiger partial charge in [-0.05, 0) is 19.1 Å². The number of benzene rings is 1. The molecule has 2 N–H and O–H groups in total. The number of rotatable bonds is 4. The zero-order valence-corrected chi connectivity index (χ0v) is 12.2. The van der Waals surface area contributed by atoms with E-state index in [9.17, 15) is 4.79 Å². The number of nitrogens with one attached hydrogen (secondary N) is 2. The van der Waals surface area contributed by atoms with Crippen LogP contribution in [0.15, 0.2) is 34.9 Å². The second-order valence-corrected chi connectivity index (χ2v) is 5.00. The molecule has 0 aliphatic carbocycles. The van der Waals surface area contributed by atoms with Gasteiger partial charge in [0.25, 0.3) is 0 Å². The van der Waals surface area contributed by atoms with Crippen molar-refractivity contribution in [1.29, 1.82) is 0 Å². The van der Waals surface area contributed by atoms with Crippen LogP contribution in [0.4, 0.5) is 4.79 Å². The number of urea groups is 1. The van der Waals surface area contributed by atoms with Crippen molar-refractivity contribution in [2.24, 2.45) is 0 Å². The van der Waals surface area contributed by atoms with Gasteiger partial charge in [-0.1, -0.05) is 17.3 Å².